The second kappa shape index (κ2) is 3.31. The van der Waals surface area contributed by atoms with Gasteiger partial charge in [0.25, 0.3) is 0 Å². The van der Waals surface area contributed by atoms with Gasteiger partial charge in [0.2, 0.25) is 5.78 Å². The SMILES string of the molecule is Cc1cc(C)n2c3c(nc2n1)C(C)(C)CCC3. The predicted molar refractivity (Wildman–Crippen MR) is 68.4 cm³/mol. The van der Waals surface area contributed by atoms with E-state index in [1.165, 1.54) is 29.9 Å². The molecular weight excluding hydrogens is 210 g/mol. The third-order valence-electron chi connectivity index (χ3n) is 3.86. The minimum absolute atomic E-state index is 0.196. The maximum atomic E-state index is 4.78. The lowest BCUT2D eigenvalue weighted by atomic mass is 9.78. The van der Waals surface area contributed by atoms with Crippen molar-refractivity contribution in [2.24, 2.45) is 0 Å². The summed E-state index contributed by atoms with van der Waals surface area (Å²) in [6.07, 6.45) is 3.61. The van der Waals surface area contributed by atoms with E-state index in [0.29, 0.717) is 0 Å². The summed E-state index contributed by atoms with van der Waals surface area (Å²) in [5.74, 6) is 0.877. The Kier molecular flexibility index (Phi) is 2.09. The topological polar surface area (TPSA) is 30.2 Å². The van der Waals surface area contributed by atoms with Crippen LogP contribution in [0.25, 0.3) is 5.78 Å². The molecule has 0 bridgehead atoms. The number of aryl methyl sites for hydroxylation is 3. The first kappa shape index (κ1) is 10.8. The lowest BCUT2D eigenvalue weighted by Crippen LogP contribution is -2.24. The van der Waals surface area contributed by atoms with Gasteiger partial charge in [0, 0.05) is 22.5 Å². The number of imidazole rings is 1. The fraction of sp³-hybridized carbons (Fsp3) is 0.571. The molecule has 0 saturated carbocycles. The average Bonchev–Trinajstić information content (AvgIpc) is 2.57. The molecule has 90 valence electrons. The number of rotatable bonds is 0. The second-order valence-electron chi connectivity index (χ2n) is 5.82. The zero-order valence-corrected chi connectivity index (χ0v) is 11.0. The molecule has 1 aliphatic carbocycles. The maximum absolute atomic E-state index is 4.78. The first-order valence-corrected chi connectivity index (χ1v) is 6.35. The first-order chi connectivity index (χ1) is 7.99. The van der Waals surface area contributed by atoms with Crippen molar-refractivity contribution < 1.29 is 0 Å². The summed E-state index contributed by atoms with van der Waals surface area (Å²) >= 11 is 0. The predicted octanol–water partition coefficient (Wildman–Crippen LogP) is 2.96. The molecule has 0 N–H and O–H groups in total. The molecule has 3 heteroatoms. The summed E-state index contributed by atoms with van der Waals surface area (Å²) in [7, 11) is 0. The molecule has 0 atom stereocenters. The van der Waals surface area contributed by atoms with E-state index in [4.69, 9.17) is 4.98 Å². The van der Waals surface area contributed by atoms with Gasteiger partial charge in [0.1, 0.15) is 0 Å². The van der Waals surface area contributed by atoms with Crippen molar-refractivity contribution in [2.75, 3.05) is 0 Å². The summed E-state index contributed by atoms with van der Waals surface area (Å²) in [5, 5.41) is 0. The third kappa shape index (κ3) is 1.48. The van der Waals surface area contributed by atoms with Crippen molar-refractivity contribution in [3.63, 3.8) is 0 Å². The minimum atomic E-state index is 0.196. The lowest BCUT2D eigenvalue weighted by molar-refractivity contribution is 0.418. The fourth-order valence-electron chi connectivity index (χ4n) is 3.03. The molecule has 0 spiro atoms. The molecule has 3 nitrogen and oxygen atoms in total. The summed E-state index contributed by atoms with van der Waals surface area (Å²) in [6.45, 7) is 8.76. The highest BCUT2D eigenvalue weighted by Crippen LogP contribution is 2.36. The van der Waals surface area contributed by atoms with Crippen LogP contribution in [0.1, 0.15) is 49.5 Å². The molecule has 17 heavy (non-hydrogen) atoms. The van der Waals surface area contributed by atoms with E-state index in [1.807, 2.05) is 6.92 Å². The summed E-state index contributed by atoms with van der Waals surface area (Å²) in [5.41, 5.74) is 5.13. The normalized spacial score (nSPS) is 18.4. The Morgan fingerprint density at radius 3 is 2.76 bits per heavy atom. The Morgan fingerprint density at radius 2 is 2.00 bits per heavy atom. The van der Waals surface area contributed by atoms with Gasteiger partial charge < -0.3 is 0 Å². The number of aromatic nitrogens is 3. The van der Waals surface area contributed by atoms with Gasteiger partial charge in [-0.1, -0.05) is 13.8 Å². The Bertz CT molecular complexity index is 593. The molecule has 2 aromatic heterocycles. The Balaban J connectivity index is 2.38. The monoisotopic (exact) mass is 229 g/mol. The zero-order valence-electron chi connectivity index (χ0n) is 11.0. The van der Waals surface area contributed by atoms with E-state index in [1.54, 1.807) is 0 Å². The summed E-state index contributed by atoms with van der Waals surface area (Å²) in [6, 6.07) is 2.14. The minimum Gasteiger partial charge on any atom is -0.285 e. The van der Waals surface area contributed by atoms with Crippen LogP contribution in [0.15, 0.2) is 6.07 Å². The molecule has 0 aromatic carbocycles. The number of fused-ring (bicyclic) bond motifs is 3. The van der Waals surface area contributed by atoms with Crippen molar-refractivity contribution in [1.29, 1.82) is 0 Å². The number of hydrogen-bond acceptors (Lipinski definition) is 2. The highest BCUT2D eigenvalue weighted by Gasteiger charge is 2.32. The molecule has 0 fully saturated rings. The molecule has 3 rings (SSSR count). The van der Waals surface area contributed by atoms with Crippen LogP contribution in [0.4, 0.5) is 0 Å². The molecule has 0 unspecified atom stereocenters. The van der Waals surface area contributed by atoms with E-state index in [2.05, 4.69) is 36.2 Å². The van der Waals surface area contributed by atoms with Crippen LogP contribution in [-0.2, 0) is 11.8 Å². The average molecular weight is 229 g/mol. The van der Waals surface area contributed by atoms with Gasteiger partial charge in [-0.3, -0.25) is 4.40 Å². The fourth-order valence-corrected chi connectivity index (χ4v) is 3.03. The molecule has 2 heterocycles. The van der Waals surface area contributed by atoms with Gasteiger partial charge in [-0.25, -0.2) is 9.97 Å². The molecule has 0 amide bonds. The van der Waals surface area contributed by atoms with E-state index < -0.39 is 0 Å². The van der Waals surface area contributed by atoms with Gasteiger partial charge >= 0.3 is 0 Å². The van der Waals surface area contributed by atoms with E-state index >= 15 is 0 Å². The quantitative estimate of drug-likeness (QED) is 0.695. The molecule has 1 aliphatic rings. The van der Waals surface area contributed by atoms with Crippen molar-refractivity contribution in [1.82, 2.24) is 14.4 Å². The molecular formula is C14H19N3. The highest BCUT2D eigenvalue weighted by atomic mass is 15.1. The molecule has 0 saturated heterocycles. The van der Waals surface area contributed by atoms with Crippen molar-refractivity contribution in [3.8, 4) is 0 Å². The molecule has 2 aromatic rings. The van der Waals surface area contributed by atoms with Gasteiger partial charge in [-0.05, 0) is 39.2 Å². The van der Waals surface area contributed by atoms with E-state index in [0.717, 1.165) is 17.9 Å². The van der Waals surface area contributed by atoms with E-state index in [-0.39, 0.29) is 5.41 Å². The first-order valence-electron chi connectivity index (χ1n) is 6.35. The van der Waals surface area contributed by atoms with Gasteiger partial charge in [-0.15, -0.1) is 0 Å². The van der Waals surface area contributed by atoms with Crippen LogP contribution in [0.5, 0.6) is 0 Å². The van der Waals surface area contributed by atoms with Gasteiger partial charge in [0.05, 0.1) is 5.69 Å². The highest BCUT2D eigenvalue weighted by molar-refractivity contribution is 5.42. The van der Waals surface area contributed by atoms with Gasteiger partial charge in [0.15, 0.2) is 0 Å². The number of hydrogen-bond donors (Lipinski definition) is 0. The number of nitrogens with zero attached hydrogens (tertiary/aromatic N) is 3. The van der Waals surface area contributed by atoms with Crippen molar-refractivity contribution in [2.45, 2.75) is 52.4 Å². The molecule has 0 radical (unpaired) electrons. The lowest BCUT2D eigenvalue weighted by Gasteiger charge is -2.28. The second-order valence-corrected chi connectivity index (χ2v) is 5.82. The van der Waals surface area contributed by atoms with Crippen LogP contribution in [-0.4, -0.2) is 14.4 Å². The third-order valence-corrected chi connectivity index (χ3v) is 3.86. The van der Waals surface area contributed by atoms with Crippen LogP contribution in [0.2, 0.25) is 0 Å². The van der Waals surface area contributed by atoms with Gasteiger partial charge in [-0.2, -0.15) is 0 Å². The van der Waals surface area contributed by atoms with E-state index in [9.17, 15) is 0 Å². The van der Waals surface area contributed by atoms with Crippen LogP contribution < -0.4 is 0 Å². The Morgan fingerprint density at radius 1 is 1.24 bits per heavy atom. The Hall–Kier alpha value is -1.38. The summed E-state index contributed by atoms with van der Waals surface area (Å²) < 4.78 is 2.24. The largest absolute Gasteiger partial charge is 0.285 e. The van der Waals surface area contributed by atoms with Crippen molar-refractivity contribution >= 4 is 5.78 Å². The van der Waals surface area contributed by atoms with Crippen LogP contribution in [0, 0.1) is 13.8 Å². The van der Waals surface area contributed by atoms with Crippen LogP contribution in [0.3, 0.4) is 0 Å². The maximum Gasteiger partial charge on any atom is 0.234 e. The van der Waals surface area contributed by atoms with Crippen LogP contribution >= 0.6 is 0 Å². The molecule has 0 aliphatic heterocycles. The van der Waals surface area contributed by atoms with Crippen molar-refractivity contribution in [3.05, 3.63) is 28.8 Å². The Labute approximate surface area is 102 Å². The smallest absolute Gasteiger partial charge is 0.234 e. The standard InChI is InChI=1S/C14H19N3/c1-9-8-10(2)17-11-6-5-7-14(3,4)12(11)16-13(17)15-9/h8H,5-7H2,1-4H3. The zero-order chi connectivity index (χ0) is 12.2. The summed E-state index contributed by atoms with van der Waals surface area (Å²) in [4.78, 5) is 9.34.